The Morgan fingerprint density at radius 1 is 1.27 bits per heavy atom. The van der Waals surface area contributed by atoms with Crippen molar-refractivity contribution in [2.45, 2.75) is 6.42 Å². The van der Waals surface area contributed by atoms with Gasteiger partial charge in [-0.3, -0.25) is 4.68 Å². The Balaban J connectivity index is 2.43. The molecule has 0 amide bonds. The molecule has 2 rings (SSSR count). The molecule has 0 saturated carbocycles. The van der Waals surface area contributed by atoms with Gasteiger partial charge in [-0.05, 0) is 18.5 Å². The van der Waals surface area contributed by atoms with Crippen LogP contribution < -0.4 is 5.73 Å². The smallest absolute Gasteiger partial charge is 0.0955 e. The zero-order valence-electron chi connectivity index (χ0n) is 8.85. The van der Waals surface area contributed by atoms with Crippen LogP contribution in [0.2, 0.25) is 0 Å². The molecule has 0 aliphatic carbocycles. The summed E-state index contributed by atoms with van der Waals surface area (Å²) in [4.78, 5) is 0. The second-order valence-corrected chi connectivity index (χ2v) is 3.58. The number of aryl methyl sites for hydroxylation is 1. The topological polar surface area (TPSA) is 43.8 Å². The zero-order valence-corrected chi connectivity index (χ0v) is 8.85. The monoisotopic (exact) mass is 201 g/mol. The molecule has 0 bridgehead atoms. The maximum atomic E-state index is 5.58. The maximum Gasteiger partial charge on any atom is 0.0955 e. The van der Waals surface area contributed by atoms with Crippen LogP contribution in [0, 0.1) is 0 Å². The summed E-state index contributed by atoms with van der Waals surface area (Å²) in [5, 5.41) is 4.46. The first-order valence-corrected chi connectivity index (χ1v) is 5.09. The fourth-order valence-electron chi connectivity index (χ4n) is 1.72. The molecule has 1 aromatic carbocycles. The molecule has 1 aromatic heterocycles. The normalized spacial score (nSPS) is 10.5. The average Bonchev–Trinajstić information content (AvgIpc) is 2.62. The third-order valence-corrected chi connectivity index (χ3v) is 2.37. The number of hydrogen-bond acceptors (Lipinski definition) is 2. The van der Waals surface area contributed by atoms with Crippen molar-refractivity contribution in [1.82, 2.24) is 9.78 Å². The summed E-state index contributed by atoms with van der Waals surface area (Å²) in [5.74, 6) is 0. The minimum Gasteiger partial charge on any atom is -0.330 e. The SMILES string of the molecule is Cn1cc(CCN)c(-c2ccccc2)n1. The number of nitrogens with zero attached hydrogens (tertiary/aromatic N) is 2. The van der Waals surface area contributed by atoms with E-state index in [0.29, 0.717) is 6.54 Å². The lowest BCUT2D eigenvalue weighted by Gasteiger charge is -1.99. The first kappa shape index (κ1) is 9.93. The van der Waals surface area contributed by atoms with Crippen LogP contribution in [0.15, 0.2) is 36.5 Å². The molecule has 0 saturated heterocycles. The van der Waals surface area contributed by atoms with E-state index in [-0.39, 0.29) is 0 Å². The Hall–Kier alpha value is -1.61. The minimum atomic E-state index is 0.658. The fraction of sp³-hybridized carbons (Fsp3) is 0.250. The highest BCUT2D eigenvalue weighted by Crippen LogP contribution is 2.21. The van der Waals surface area contributed by atoms with Crippen LogP contribution in [0.3, 0.4) is 0 Å². The summed E-state index contributed by atoms with van der Waals surface area (Å²) in [6.07, 6.45) is 2.91. The van der Waals surface area contributed by atoms with E-state index < -0.39 is 0 Å². The summed E-state index contributed by atoms with van der Waals surface area (Å²) in [6.45, 7) is 0.658. The molecule has 0 aliphatic rings. The van der Waals surface area contributed by atoms with E-state index in [1.807, 2.05) is 36.1 Å². The summed E-state index contributed by atoms with van der Waals surface area (Å²) in [7, 11) is 1.94. The van der Waals surface area contributed by atoms with E-state index in [9.17, 15) is 0 Å². The van der Waals surface area contributed by atoms with E-state index >= 15 is 0 Å². The van der Waals surface area contributed by atoms with Gasteiger partial charge in [0.1, 0.15) is 0 Å². The largest absolute Gasteiger partial charge is 0.330 e. The summed E-state index contributed by atoms with van der Waals surface area (Å²) >= 11 is 0. The Labute approximate surface area is 89.5 Å². The highest BCUT2D eigenvalue weighted by atomic mass is 15.2. The Kier molecular flexibility index (Phi) is 2.83. The van der Waals surface area contributed by atoms with Gasteiger partial charge in [0.15, 0.2) is 0 Å². The van der Waals surface area contributed by atoms with E-state index in [4.69, 9.17) is 5.73 Å². The summed E-state index contributed by atoms with van der Waals surface area (Å²) in [6, 6.07) is 10.2. The number of hydrogen-bond donors (Lipinski definition) is 1. The molecule has 0 radical (unpaired) electrons. The van der Waals surface area contributed by atoms with E-state index in [0.717, 1.165) is 17.7 Å². The van der Waals surface area contributed by atoms with Crippen LogP contribution in [0.5, 0.6) is 0 Å². The van der Waals surface area contributed by atoms with Gasteiger partial charge in [-0.25, -0.2) is 0 Å². The zero-order chi connectivity index (χ0) is 10.7. The predicted molar refractivity (Wildman–Crippen MR) is 61.4 cm³/mol. The molecule has 78 valence electrons. The summed E-state index contributed by atoms with van der Waals surface area (Å²) in [5.41, 5.74) is 8.99. The molecule has 3 heteroatoms. The maximum absolute atomic E-state index is 5.58. The van der Waals surface area contributed by atoms with Crippen molar-refractivity contribution in [3.05, 3.63) is 42.1 Å². The van der Waals surface area contributed by atoms with Crippen LogP contribution in [0.25, 0.3) is 11.3 Å². The van der Waals surface area contributed by atoms with E-state index in [1.165, 1.54) is 5.56 Å². The molecule has 1 heterocycles. The lowest BCUT2D eigenvalue weighted by atomic mass is 10.1. The van der Waals surface area contributed by atoms with Crippen molar-refractivity contribution in [2.75, 3.05) is 6.54 Å². The van der Waals surface area contributed by atoms with Gasteiger partial charge in [-0.15, -0.1) is 0 Å². The van der Waals surface area contributed by atoms with Crippen molar-refractivity contribution < 1.29 is 0 Å². The van der Waals surface area contributed by atoms with Gasteiger partial charge in [0.25, 0.3) is 0 Å². The predicted octanol–water partition coefficient (Wildman–Crippen LogP) is 1.59. The summed E-state index contributed by atoms with van der Waals surface area (Å²) < 4.78 is 1.84. The van der Waals surface area contributed by atoms with Gasteiger partial charge in [-0.1, -0.05) is 30.3 Å². The van der Waals surface area contributed by atoms with Crippen molar-refractivity contribution in [3.8, 4) is 11.3 Å². The van der Waals surface area contributed by atoms with Gasteiger partial charge in [0.05, 0.1) is 5.69 Å². The van der Waals surface area contributed by atoms with Crippen molar-refractivity contribution in [2.24, 2.45) is 12.8 Å². The Morgan fingerprint density at radius 3 is 2.67 bits per heavy atom. The van der Waals surface area contributed by atoms with Crippen molar-refractivity contribution >= 4 is 0 Å². The van der Waals surface area contributed by atoms with Gasteiger partial charge in [0.2, 0.25) is 0 Å². The molecule has 0 fully saturated rings. The number of nitrogens with two attached hydrogens (primary N) is 1. The second kappa shape index (κ2) is 4.28. The molecular weight excluding hydrogens is 186 g/mol. The average molecular weight is 201 g/mol. The molecule has 0 spiro atoms. The standard InChI is InChI=1S/C12H15N3/c1-15-9-11(7-8-13)12(14-15)10-5-3-2-4-6-10/h2-6,9H,7-8,13H2,1H3. The van der Waals surface area contributed by atoms with Gasteiger partial charge >= 0.3 is 0 Å². The lowest BCUT2D eigenvalue weighted by molar-refractivity contribution is 0.769. The van der Waals surface area contributed by atoms with Crippen LogP contribution in [-0.2, 0) is 13.5 Å². The highest BCUT2D eigenvalue weighted by Gasteiger charge is 2.08. The second-order valence-electron chi connectivity index (χ2n) is 3.58. The Bertz CT molecular complexity index is 431. The van der Waals surface area contributed by atoms with Crippen molar-refractivity contribution in [3.63, 3.8) is 0 Å². The van der Waals surface area contributed by atoms with E-state index in [1.54, 1.807) is 0 Å². The van der Waals surface area contributed by atoms with Gasteiger partial charge in [-0.2, -0.15) is 5.10 Å². The molecule has 3 nitrogen and oxygen atoms in total. The third-order valence-electron chi connectivity index (χ3n) is 2.37. The van der Waals surface area contributed by atoms with Crippen molar-refractivity contribution in [1.29, 1.82) is 0 Å². The number of benzene rings is 1. The van der Waals surface area contributed by atoms with Crippen LogP contribution >= 0.6 is 0 Å². The number of rotatable bonds is 3. The molecule has 0 aliphatic heterocycles. The quantitative estimate of drug-likeness (QED) is 0.819. The molecular formula is C12H15N3. The Morgan fingerprint density at radius 2 is 2.00 bits per heavy atom. The molecule has 2 aromatic rings. The minimum absolute atomic E-state index is 0.658. The molecule has 0 atom stereocenters. The number of aromatic nitrogens is 2. The fourth-order valence-corrected chi connectivity index (χ4v) is 1.72. The molecule has 2 N–H and O–H groups in total. The van der Waals surface area contributed by atoms with Gasteiger partial charge < -0.3 is 5.73 Å². The van der Waals surface area contributed by atoms with Crippen LogP contribution in [0.4, 0.5) is 0 Å². The van der Waals surface area contributed by atoms with Gasteiger partial charge in [0, 0.05) is 18.8 Å². The van der Waals surface area contributed by atoms with Crippen LogP contribution in [0.1, 0.15) is 5.56 Å². The molecule has 15 heavy (non-hydrogen) atoms. The highest BCUT2D eigenvalue weighted by molar-refractivity contribution is 5.62. The lowest BCUT2D eigenvalue weighted by Crippen LogP contribution is -2.02. The van der Waals surface area contributed by atoms with Crippen LogP contribution in [-0.4, -0.2) is 16.3 Å². The first-order valence-electron chi connectivity index (χ1n) is 5.09. The molecule has 0 unspecified atom stereocenters. The van der Waals surface area contributed by atoms with E-state index in [2.05, 4.69) is 17.2 Å². The first-order chi connectivity index (χ1) is 7.31. The third kappa shape index (κ3) is 2.07.